The summed E-state index contributed by atoms with van der Waals surface area (Å²) in [5.74, 6) is -1.46. The highest BCUT2D eigenvalue weighted by atomic mass is 35.5. The Hall–Kier alpha value is -2.80. The molecule has 0 fully saturated rings. The fourth-order valence-electron chi connectivity index (χ4n) is 4.29. The third-order valence-electron chi connectivity index (χ3n) is 5.79. The van der Waals surface area contributed by atoms with E-state index < -0.39 is 34.8 Å². The zero-order chi connectivity index (χ0) is 21.8. The number of carbonyl (C=O) groups excluding carboxylic acids is 1. The van der Waals surface area contributed by atoms with Crippen LogP contribution in [0.15, 0.2) is 47.3 Å². The lowest BCUT2D eigenvalue weighted by atomic mass is 9.72. The molecule has 3 aromatic rings. The van der Waals surface area contributed by atoms with E-state index in [1.165, 1.54) is 30.3 Å². The molecule has 2 atom stereocenters. The predicted octanol–water partition coefficient (Wildman–Crippen LogP) is 5.46. The highest BCUT2D eigenvalue weighted by molar-refractivity contribution is 6.31. The monoisotopic (exact) mass is 435 g/mol. The maximum absolute atomic E-state index is 13.2. The lowest BCUT2D eigenvalue weighted by Crippen LogP contribution is -2.37. The molecular formula is C22H17ClF3NO3. The Morgan fingerprint density at radius 3 is 2.40 bits per heavy atom. The van der Waals surface area contributed by atoms with Crippen molar-refractivity contribution in [2.75, 3.05) is 0 Å². The summed E-state index contributed by atoms with van der Waals surface area (Å²) in [5.41, 5.74) is -0.419. The van der Waals surface area contributed by atoms with Crippen LogP contribution in [0, 0.1) is 5.92 Å². The van der Waals surface area contributed by atoms with Gasteiger partial charge in [-0.05, 0) is 54.7 Å². The predicted molar refractivity (Wildman–Crippen MR) is 106 cm³/mol. The number of fused-ring (bicyclic) bond motifs is 2. The Morgan fingerprint density at radius 1 is 1.13 bits per heavy atom. The van der Waals surface area contributed by atoms with E-state index in [0.29, 0.717) is 17.0 Å². The molecule has 0 aliphatic heterocycles. The van der Waals surface area contributed by atoms with Gasteiger partial charge in [0.05, 0.1) is 27.7 Å². The summed E-state index contributed by atoms with van der Waals surface area (Å²) in [7, 11) is 0. The van der Waals surface area contributed by atoms with Crippen molar-refractivity contribution in [2.24, 2.45) is 5.92 Å². The van der Waals surface area contributed by atoms with Crippen molar-refractivity contribution in [3.63, 3.8) is 0 Å². The number of rotatable bonds is 2. The summed E-state index contributed by atoms with van der Waals surface area (Å²) in [4.78, 5) is 26.2. The van der Waals surface area contributed by atoms with E-state index in [9.17, 15) is 28.0 Å². The summed E-state index contributed by atoms with van der Waals surface area (Å²) >= 11 is 5.97. The van der Waals surface area contributed by atoms with Gasteiger partial charge < -0.3 is 5.21 Å². The molecular weight excluding hydrogens is 419 g/mol. The molecule has 0 spiro atoms. The molecule has 0 amide bonds. The summed E-state index contributed by atoms with van der Waals surface area (Å²) < 4.78 is 39.5. The van der Waals surface area contributed by atoms with Gasteiger partial charge >= 0.3 is 6.18 Å². The molecule has 0 saturated heterocycles. The van der Waals surface area contributed by atoms with E-state index in [1.54, 1.807) is 6.92 Å². The quantitative estimate of drug-likeness (QED) is 0.544. The van der Waals surface area contributed by atoms with E-state index in [-0.39, 0.29) is 28.6 Å². The van der Waals surface area contributed by atoms with Gasteiger partial charge in [-0.1, -0.05) is 30.7 Å². The number of ketones is 1. The molecule has 156 valence electrons. The molecule has 8 heteroatoms. The highest BCUT2D eigenvalue weighted by Gasteiger charge is 2.39. The Kier molecular flexibility index (Phi) is 4.89. The van der Waals surface area contributed by atoms with Crippen LogP contribution >= 0.6 is 11.6 Å². The van der Waals surface area contributed by atoms with Gasteiger partial charge in [0, 0.05) is 10.9 Å². The van der Waals surface area contributed by atoms with Gasteiger partial charge in [0.15, 0.2) is 5.78 Å². The standard InChI is InChI=1S/C22H17ClF3NO3/c1-2-14-15(11-3-5-12(6-4-11)22(24,25)26)10-18-19(20(14)28)21(29)16-9-13(23)7-8-17(16)27(18)30/h3-9,14-15,30H,2,10H2,1H3. The molecule has 0 saturated carbocycles. The van der Waals surface area contributed by atoms with Crippen LogP contribution in [0.1, 0.15) is 46.4 Å². The Bertz CT molecular complexity index is 1220. The van der Waals surface area contributed by atoms with Crippen molar-refractivity contribution in [1.82, 2.24) is 4.73 Å². The first-order chi connectivity index (χ1) is 14.1. The zero-order valence-corrected chi connectivity index (χ0v) is 16.6. The van der Waals surface area contributed by atoms with E-state index in [1.807, 2.05) is 0 Å². The van der Waals surface area contributed by atoms with E-state index in [4.69, 9.17) is 11.6 Å². The molecule has 1 aromatic heterocycles. The zero-order valence-electron chi connectivity index (χ0n) is 15.8. The molecule has 0 radical (unpaired) electrons. The van der Waals surface area contributed by atoms with Crippen LogP contribution in [0.25, 0.3) is 10.9 Å². The normalized spacial score (nSPS) is 19.2. The van der Waals surface area contributed by atoms with Crippen molar-refractivity contribution in [1.29, 1.82) is 0 Å². The Balaban J connectivity index is 1.88. The van der Waals surface area contributed by atoms with Gasteiger partial charge in [-0.25, -0.2) is 0 Å². The third-order valence-corrected chi connectivity index (χ3v) is 6.03. The second kappa shape index (κ2) is 7.16. The average molecular weight is 436 g/mol. The molecule has 2 unspecified atom stereocenters. The molecule has 4 rings (SSSR count). The van der Waals surface area contributed by atoms with Gasteiger partial charge in [-0.2, -0.15) is 17.9 Å². The number of pyridine rings is 1. The highest BCUT2D eigenvalue weighted by Crippen LogP contribution is 2.39. The number of nitrogens with zero attached hydrogens (tertiary/aromatic N) is 1. The molecule has 1 heterocycles. The second-order valence-electron chi connectivity index (χ2n) is 7.43. The van der Waals surface area contributed by atoms with Crippen molar-refractivity contribution in [3.05, 3.63) is 80.1 Å². The van der Waals surface area contributed by atoms with Gasteiger partial charge in [0.2, 0.25) is 5.43 Å². The van der Waals surface area contributed by atoms with Crippen LogP contribution in [0.2, 0.25) is 5.02 Å². The van der Waals surface area contributed by atoms with Gasteiger partial charge in [-0.15, -0.1) is 0 Å². The molecule has 1 aliphatic carbocycles. The summed E-state index contributed by atoms with van der Waals surface area (Å²) in [6.07, 6.45) is -3.90. The fourth-order valence-corrected chi connectivity index (χ4v) is 4.46. The minimum absolute atomic E-state index is 0.0812. The minimum atomic E-state index is -4.45. The summed E-state index contributed by atoms with van der Waals surface area (Å²) in [5, 5.41) is 11.2. The number of Topliss-reactive ketones (excluding diaryl/α,β-unsaturated/α-hetero) is 1. The second-order valence-corrected chi connectivity index (χ2v) is 7.87. The summed E-state index contributed by atoms with van der Waals surface area (Å²) in [6, 6.07) is 9.09. The van der Waals surface area contributed by atoms with E-state index in [0.717, 1.165) is 16.9 Å². The Morgan fingerprint density at radius 2 is 1.80 bits per heavy atom. The molecule has 1 aliphatic rings. The maximum Gasteiger partial charge on any atom is 0.416 e. The van der Waals surface area contributed by atoms with Crippen molar-refractivity contribution in [2.45, 2.75) is 31.9 Å². The molecule has 0 bridgehead atoms. The number of hydrogen-bond acceptors (Lipinski definition) is 3. The van der Waals surface area contributed by atoms with Crippen molar-refractivity contribution in [3.8, 4) is 0 Å². The van der Waals surface area contributed by atoms with Crippen LogP contribution < -0.4 is 5.43 Å². The van der Waals surface area contributed by atoms with Gasteiger partial charge in [0.1, 0.15) is 0 Å². The van der Waals surface area contributed by atoms with E-state index >= 15 is 0 Å². The maximum atomic E-state index is 13.2. The van der Waals surface area contributed by atoms with Crippen LogP contribution in [-0.4, -0.2) is 15.7 Å². The first-order valence-corrected chi connectivity index (χ1v) is 9.79. The van der Waals surface area contributed by atoms with Crippen molar-refractivity contribution < 1.29 is 23.2 Å². The number of hydrogen-bond donors (Lipinski definition) is 1. The smallest absolute Gasteiger partial charge is 0.416 e. The number of aromatic nitrogens is 1. The molecule has 2 aromatic carbocycles. The van der Waals surface area contributed by atoms with Crippen molar-refractivity contribution >= 4 is 28.3 Å². The first-order valence-electron chi connectivity index (χ1n) is 9.41. The van der Waals surface area contributed by atoms with Crippen LogP contribution in [0.5, 0.6) is 0 Å². The largest absolute Gasteiger partial charge is 0.428 e. The molecule has 30 heavy (non-hydrogen) atoms. The number of carbonyl (C=O) groups is 1. The number of halogens is 4. The molecule has 1 N–H and O–H groups in total. The lowest BCUT2D eigenvalue weighted by Gasteiger charge is -2.32. The lowest BCUT2D eigenvalue weighted by molar-refractivity contribution is -0.137. The fraction of sp³-hybridized carbons (Fsp3) is 0.273. The van der Waals surface area contributed by atoms with E-state index in [2.05, 4.69) is 0 Å². The van der Waals surface area contributed by atoms with Crippen LogP contribution in [-0.2, 0) is 12.6 Å². The van der Waals surface area contributed by atoms with Crippen LogP contribution in [0.4, 0.5) is 13.2 Å². The third kappa shape index (κ3) is 3.17. The van der Waals surface area contributed by atoms with Gasteiger partial charge in [0.25, 0.3) is 0 Å². The topological polar surface area (TPSA) is 59.3 Å². The van der Waals surface area contributed by atoms with Crippen LogP contribution in [0.3, 0.4) is 0 Å². The summed E-state index contributed by atoms with van der Waals surface area (Å²) in [6.45, 7) is 1.79. The number of benzene rings is 2. The van der Waals surface area contributed by atoms with Gasteiger partial charge in [-0.3, -0.25) is 9.59 Å². The average Bonchev–Trinajstić information content (AvgIpc) is 2.70. The minimum Gasteiger partial charge on any atom is -0.428 e. The molecule has 4 nitrogen and oxygen atoms in total. The SMILES string of the molecule is CCC1C(=O)c2c(n(O)c3ccc(Cl)cc3c2=O)CC1c1ccc(C(F)(F)F)cc1. The first kappa shape index (κ1) is 20.5. The number of alkyl halides is 3. The Labute approximate surface area is 174 Å².